The van der Waals surface area contributed by atoms with Crippen molar-refractivity contribution in [2.75, 3.05) is 19.6 Å². The maximum atomic E-state index is 12.4. The second-order valence-corrected chi connectivity index (χ2v) is 6.93. The van der Waals surface area contributed by atoms with Crippen LogP contribution >= 0.6 is 11.6 Å². The zero-order valence-corrected chi connectivity index (χ0v) is 17.2. The zero-order chi connectivity index (χ0) is 21.0. The van der Waals surface area contributed by atoms with Gasteiger partial charge in [0.1, 0.15) is 0 Å². The van der Waals surface area contributed by atoms with Gasteiger partial charge in [-0.2, -0.15) is 0 Å². The highest BCUT2D eigenvalue weighted by Crippen LogP contribution is 2.36. The fourth-order valence-corrected chi connectivity index (χ4v) is 3.24. The highest BCUT2D eigenvalue weighted by Gasteiger charge is 2.33. The van der Waals surface area contributed by atoms with Gasteiger partial charge in [0.25, 0.3) is 5.91 Å². The smallest absolute Gasteiger partial charge is 0.406 e. The quantitative estimate of drug-likeness (QED) is 0.173. The number of rotatable bonds is 12. The third-order valence-corrected chi connectivity index (χ3v) is 4.93. The van der Waals surface area contributed by atoms with Crippen molar-refractivity contribution in [2.24, 2.45) is 10.8 Å². The largest absolute Gasteiger partial charge is 0.423 e. The summed E-state index contributed by atoms with van der Waals surface area (Å²) >= 11 is 6.59. The van der Waals surface area contributed by atoms with Crippen molar-refractivity contribution < 1.29 is 14.3 Å². The van der Waals surface area contributed by atoms with Crippen LogP contribution in [0.15, 0.2) is 29.4 Å². The van der Waals surface area contributed by atoms with Gasteiger partial charge in [-0.25, -0.2) is 4.79 Å². The molecule has 1 aromatic rings. The molecule has 1 rings (SSSR count). The topological polar surface area (TPSA) is 121 Å². The van der Waals surface area contributed by atoms with Crippen molar-refractivity contribution in [3.8, 4) is 0 Å². The van der Waals surface area contributed by atoms with Gasteiger partial charge in [-0.15, -0.1) is 0 Å². The first-order chi connectivity index (χ1) is 13.4. The Balaban J connectivity index is 2.81. The summed E-state index contributed by atoms with van der Waals surface area (Å²) in [4.78, 5) is 28.2. The molecule has 0 radical (unpaired) electrons. The van der Waals surface area contributed by atoms with Crippen LogP contribution in [0, 0.1) is 0 Å². The number of ether oxygens (including phenoxy) is 1. The molecule has 0 saturated heterocycles. The van der Waals surface area contributed by atoms with E-state index in [1.807, 2.05) is 13.8 Å². The minimum absolute atomic E-state index is 0.0624. The lowest BCUT2D eigenvalue weighted by Gasteiger charge is -2.27. The Labute approximate surface area is 170 Å². The molecule has 9 heteroatoms. The van der Waals surface area contributed by atoms with Gasteiger partial charge < -0.3 is 15.4 Å². The van der Waals surface area contributed by atoms with Gasteiger partial charge in [-0.05, 0) is 44.4 Å². The van der Waals surface area contributed by atoms with E-state index in [9.17, 15) is 9.59 Å². The van der Waals surface area contributed by atoms with Gasteiger partial charge in [0.15, 0.2) is 0 Å². The average molecular weight is 410 g/mol. The van der Waals surface area contributed by atoms with Gasteiger partial charge in [-0.3, -0.25) is 4.79 Å². The van der Waals surface area contributed by atoms with E-state index in [-0.39, 0.29) is 5.91 Å². The fourth-order valence-electron chi connectivity index (χ4n) is 2.90. The number of nitrogens with two attached hydrogens (primary N) is 1. The molecule has 1 unspecified atom stereocenters. The highest BCUT2D eigenvalue weighted by molar-refractivity contribution is 6.23. The number of halogens is 1. The Bertz CT molecular complexity index is 687. The molecule has 1 aromatic carbocycles. The molecule has 0 aliphatic heterocycles. The molecule has 2 amide bonds. The number of benzene rings is 1. The maximum absolute atomic E-state index is 12.4. The van der Waals surface area contributed by atoms with Crippen LogP contribution in [0.25, 0.3) is 10.4 Å². The van der Waals surface area contributed by atoms with Crippen molar-refractivity contribution in [2.45, 2.75) is 51.0 Å². The summed E-state index contributed by atoms with van der Waals surface area (Å²) in [6.45, 7) is 5.56. The average Bonchev–Trinajstić information content (AvgIpc) is 2.67. The van der Waals surface area contributed by atoms with Crippen molar-refractivity contribution in [3.05, 3.63) is 45.8 Å². The van der Waals surface area contributed by atoms with E-state index < -0.39 is 11.2 Å². The first-order valence-corrected chi connectivity index (χ1v) is 9.83. The Morgan fingerprint density at radius 2 is 1.79 bits per heavy atom. The van der Waals surface area contributed by atoms with Gasteiger partial charge >= 0.3 is 6.09 Å². The van der Waals surface area contributed by atoms with Crippen LogP contribution in [0.1, 0.15) is 61.9 Å². The van der Waals surface area contributed by atoms with Crippen LogP contribution in [0.5, 0.6) is 0 Å². The highest BCUT2D eigenvalue weighted by atomic mass is 35.5. The van der Waals surface area contributed by atoms with Crippen molar-refractivity contribution in [3.63, 3.8) is 0 Å². The van der Waals surface area contributed by atoms with Gasteiger partial charge in [0, 0.05) is 42.1 Å². The van der Waals surface area contributed by atoms with Crippen LogP contribution in [0.3, 0.4) is 0 Å². The van der Waals surface area contributed by atoms with Crippen molar-refractivity contribution in [1.29, 1.82) is 0 Å². The minimum atomic E-state index is -1.38. The number of hydrogen-bond donors (Lipinski definition) is 1. The molecule has 8 nitrogen and oxygen atoms in total. The number of amides is 2. The molecule has 154 valence electrons. The monoisotopic (exact) mass is 409 g/mol. The lowest BCUT2D eigenvalue weighted by Crippen LogP contribution is -2.31. The number of carbonyl (C=O) groups excluding carboxylic acids is 2. The number of alkyl halides is 1. The molecular formula is C19H28ClN5O3. The van der Waals surface area contributed by atoms with E-state index in [2.05, 4.69) is 10.0 Å². The Kier molecular flexibility index (Phi) is 10.2. The van der Waals surface area contributed by atoms with Crippen LogP contribution < -0.4 is 5.73 Å². The summed E-state index contributed by atoms with van der Waals surface area (Å²) in [7, 11) is 0. The molecule has 0 aliphatic carbocycles. The van der Waals surface area contributed by atoms with E-state index in [1.54, 1.807) is 29.2 Å². The molecule has 0 bridgehead atoms. The van der Waals surface area contributed by atoms with Crippen molar-refractivity contribution >= 4 is 23.6 Å². The van der Waals surface area contributed by atoms with Crippen LogP contribution in [-0.4, -0.2) is 36.5 Å². The number of carbonyl (C=O) groups is 2. The van der Waals surface area contributed by atoms with Crippen molar-refractivity contribution in [1.82, 2.24) is 4.90 Å². The zero-order valence-electron chi connectivity index (χ0n) is 16.4. The SMILES string of the molecule is CCN(CC)C(=O)c1ccc(C(Cl)(CCCCCCN=[N+]=[N-])OC(N)=O)cc1. The number of unbranched alkanes of at least 4 members (excludes halogenated alkanes) is 3. The Hall–Kier alpha value is -2.44. The summed E-state index contributed by atoms with van der Waals surface area (Å²) in [5, 5.41) is 2.11. The summed E-state index contributed by atoms with van der Waals surface area (Å²) in [6, 6.07) is 6.73. The molecule has 0 heterocycles. The summed E-state index contributed by atoms with van der Waals surface area (Å²) < 4.78 is 5.20. The molecule has 0 spiro atoms. The van der Waals surface area contributed by atoms with E-state index in [0.29, 0.717) is 43.6 Å². The standard InChI is InChI=1S/C19H28ClN5O3/c1-3-25(4-2)17(26)15-9-11-16(12-10-15)19(20,28-18(21)27)13-7-5-6-8-14-23-24-22/h9-12H,3-8,13-14H2,1-2H3,(H2,21,27). The molecular weight excluding hydrogens is 382 g/mol. The molecule has 0 aliphatic rings. The fraction of sp³-hybridized carbons (Fsp3) is 0.579. The normalized spacial score (nSPS) is 12.5. The third kappa shape index (κ3) is 7.29. The third-order valence-electron chi connectivity index (χ3n) is 4.45. The molecule has 28 heavy (non-hydrogen) atoms. The predicted molar refractivity (Wildman–Crippen MR) is 109 cm³/mol. The number of nitrogens with zero attached hydrogens (tertiary/aromatic N) is 4. The first-order valence-electron chi connectivity index (χ1n) is 9.46. The van der Waals surface area contributed by atoms with E-state index >= 15 is 0 Å². The molecule has 0 aromatic heterocycles. The molecule has 2 N–H and O–H groups in total. The minimum Gasteiger partial charge on any atom is -0.423 e. The van der Waals surface area contributed by atoms with Gasteiger partial charge in [0.2, 0.25) is 5.06 Å². The molecule has 0 fully saturated rings. The first kappa shape index (κ1) is 23.6. The maximum Gasteiger partial charge on any atom is 0.406 e. The van der Waals surface area contributed by atoms with E-state index in [1.165, 1.54) is 0 Å². The number of hydrogen-bond acceptors (Lipinski definition) is 4. The van der Waals surface area contributed by atoms with Crippen LogP contribution in [-0.2, 0) is 9.80 Å². The summed E-state index contributed by atoms with van der Waals surface area (Å²) in [5.41, 5.74) is 14.6. The van der Waals surface area contributed by atoms with Crippen LogP contribution in [0.2, 0.25) is 0 Å². The number of azide groups is 1. The van der Waals surface area contributed by atoms with E-state index in [0.717, 1.165) is 19.3 Å². The summed E-state index contributed by atoms with van der Waals surface area (Å²) in [6.07, 6.45) is 2.63. The second-order valence-electron chi connectivity index (χ2n) is 6.32. The van der Waals surface area contributed by atoms with Gasteiger partial charge in [0.05, 0.1) is 0 Å². The lowest BCUT2D eigenvalue weighted by molar-refractivity contribution is 0.0687. The Morgan fingerprint density at radius 3 is 2.32 bits per heavy atom. The van der Waals surface area contributed by atoms with E-state index in [4.69, 9.17) is 27.6 Å². The predicted octanol–water partition coefficient (Wildman–Crippen LogP) is 4.92. The summed E-state index contributed by atoms with van der Waals surface area (Å²) in [5.74, 6) is -0.0624. The molecule has 1 atom stereocenters. The van der Waals surface area contributed by atoms with Crippen LogP contribution in [0.4, 0.5) is 4.79 Å². The van der Waals surface area contributed by atoms with Gasteiger partial charge in [-0.1, -0.05) is 41.7 Å². The lowest BCUT2D eigenvalue weighted by atomic mass is 10.00. The second kappa shape index (κ2) is 12.1. The number of primary amides is 1. The molecule has 0 saturated carbocycles. The Morgan fingerprint density at radius 1 is 1.18 bits per heavy atom.